The molecule has 0 saturated carbocycles. The van der Waals surface area contributed by atoms with Gasteiger partial charge in [0.2, 0.25) is 6.41 Å². The summed E-state index contributed by atoms with van der Waals surface area (Å²) in [5, 5.41) is 0. The zero-order valence-corrected chi connectivity index (χ0v) is 7.13. The first-order valence-corrected chi connectivity index (χ1v) is 4.92. The number of rotatable bonds is 1. The minimum Gasteiger partial charge on any atom is -0.367 e. The number of piperidine rings is 2. The van der Waals surface area contributed by atoms with Gasteiger partial charge < -0.3 is 14.4 Å². The van der Waals surface area contributed by atoms with Crippen molar-refractivity contribution in [1.82, 2.24) is 4.90 Å². The molecular weight excluding hydrogens is 170 g/mol. The zero-order valence-electron chi connectivity index (χ0n) is 7.13. The quantitative estimate of drug-likeness (QED) is 0.405. The molecule has 1 amide bonds. The van der Waals surface area contributed by atoms with Crippen molar-refractivity contribution in [3.63, 3.8) is 0 Å². The van der Waals surface area contributed by atoms with Crippen LogP contribution in [0, 0.1) is 0 Å². The molecule has 0 radical (unpaired) electrons. The summed E-state index contributed by atoms with van der Waals surface area (Å²) in [6.45, 7) is 0. The van der Waals surface area contributed by atoms with E-state index in [0.717, 1.165) is 19.3 Å². The van der Waals surface area contributed by atoms with E-state index < -0.39 is 0 Å². The maximum absolute atomic E-state index is 10.9. The van der Waals surface area contributed by atoms with E-state index in [4.69, 9.17) is 9.47 Å². The van der Waals surface area contributed by atoms with Gasteiger partial charge in [-0.15, -0.1) is 0 Å². The Kier molecular flexibility index (Phi) is 0.996. The second-order valence-electron chi connectivity index (χ2n) is 4.44. The molecule has 0 aromatic carbocycles. The van der Waals surface area contributed by atoms with Crippen molar-refractivity contribution in [3.05, 3.63) is 0 Å². The van der Waals surface area contributed by atoms with Crippen LogP contribution in [0.1, 0.15) is 12.8 Å². The third kappa shape index (κ3) is 0.718. The number of hydrogen-bond donors (Lipinski definition) is 0. The van der Waals surface area contributed by atoms with E-state index in [9.17, 15) is 4.79 Å². The van der Waals surface area contributed by atoms with Gasteiger partial charge in [0, 0.05) is 0 Å². The molecule has 4 saturated heterocycles. The smallest absolute Gasteiger partial charge is 0.210 e. The van der Waals surface area contributed by atoms with Crippen molar-refractivity contribution < 1.29 is 14.3 Å². The topological polar surface area (TPSA) is 45.4 Å². The van der Waals surface area contributed by atoms with E-state index >= 15 is 0 Å². The molecule has 13 heavy (non-hydrogen) atoms. The van der Waals surface area contributed by atoms with Crippen LogP contribution in [-0.2, 0) is 14.3 Å². The third-order valence-corrected chi connectivity index (χ3v) is 3.84. The SMILES string of the molecule is O=CN1[C@H]2C[C@H]3O[C@H]3[C@@H]1C[C@H]1O[C@H]12. The fourth-order valence-corrected chi connectivity index (χ4v) is 3.10. The Morgan fingerprint density at radius 3 is 2.08 bits per heavy atom. The van der Waals surface area contributed by atoms with E-state index in [-0.39, 0.29) is 0 Å². The van der Waals surface area contributed by atoms with Crippen LogP contribution in [0.15, 0.2) is 0 Å². The Balaban J connectivity index is 1.73. The van der Waals surface area contributed by atoms with Gasteiger partial charge in [0.1, 0.15) is 12.2 Å². The lowest BCUT2D eigenvalue weighted by molar-refractivity contribution is -0.125. The van der Waals surface area contributed by atoms with Gasteiger partial charge in [-0.3, -0.25) is 4.79 Å². The summed E-state index contributed by atoms with van der Waals surface area (Å²) in [5.41, 5.74) is 0. The van der Waals surface area contributed by atoms with Crippen LogP contribution in [-0.4, -0.2) is 47.8 Å². The number of fused-ring (bicyclic) bond motifs is 6. The third-order valence-electron chi connectivity index (χ3n) is 3.84. The van der Waals surface area contributed by atoms with E-state index in [0.29, 0.717) is 36.5 Å². The van der Waals surface area contributed by atoms with E-state index in [1.165, 1.54) is 0 Å². The molecule has 4 fully saturated rings. The summed E-state index contributed by atoms with van der Waals surface area (Å²) >= 11 is 0. The van der Waals surface area contributed by atoms with Crippen molar-refractivity contribution in [2.75, 3.05) is 0 Å². The summed E-state index contributed by atoms with van der Waals surface area (Å²) < 4.78 is 11.1. The maximum Gasteiger partial charge on any atom is 0.210 e. The molecule has 4 aliphatic heterocycles. The number of ether oxygens (including phenoxy) is 2. The highest BCUT2D eigenvalue weighted by atomic mass is 16.6. The lowest BCUT2D eigenvalue weighted by Crippen LogP contribution is -2.56. The monoisotopic (exact) mass is 181 g/mol. The summed E-state index contributed by atoms with van der Waals surface area (Å²) in [5.74, 6) is 0. The predicted octanol–water partition coefficient (Wildman–Crippen LogP) is -0.476. The average Bonchev–Trinajstić information content (AvgIpc) is 2.93. The van der Waals surface area contributed by atoms with Crippen LogP contribution in [0.25, 0.3) is 0 Å². The van der Waals surface area contributed by atoms with Gasteiger partial charge in [-0.05, 0) is 12.8 Å². The van der Waals surface area contributed by atoms with Gasteiger partial charge in [0.05, 0.1) is 24.3 Å². The van der Waals surface area contributed by atoms with Crippen LogP contribution in [0.4, 0.5) is 0 Å². The van der Waals surface area contributed by atoms with E-state index in [2.05, 4.69) is 0 Å². The van der Waals surface area contributed by atoms with Crippen LogP contribution in [0.2, 0.25) is 0 Å². The van der Waals surface area contributed by atoms with Crippen molar-refractivity contribution in [2.24, 2.45) is 0 Å². The molecule has 4 aliphatic rings. The lowest BCUT2D eigenvalue weighted by atomic mass is 9.85. The van der Waals surface area contributed by atoms with Gasteiger partial charge in [-0.1, -0.05) is 0 Å². The highest BCUT2D eigenvalue weighted by molar-refractivity contribution is 5.51. The maximum atomic E-state index is 10.9. The summed E-state index contributed by atoms with van der Waals surface area (Å²) in [6, 6.07) is 0.620. The Morgan fingerprint density at radius 1 is 1.08 bits per heavy atom. The molecule has 0 unspecified atom stereocenters. The van der Waals surface area contributed by atoms with Crippen molar-refractivity contribution in [3.8, 4) is 0 Å². The number of epoxide rings is 2. The molecular formula is C9H11NO3. The van der Waals surface area contributed by atoms with Crippen LogP contribution >= 0.6 is 0 Å². The van der Waals surface area contributed by atoms with E-state index in [1.54, 1.807) is 0 Å². The molecule has 0 aliphatic carbocycles. The van der Waals surface area contributed by atoms with Gasteiger partial charge in [0.15, 0.2) is 0 Å². The first kappa shape index (κ1) is 6.79. The zero-order chi connectivity index (χ0) is 8.58. The second kappa shape index (κ2) is 1.91. The molecule has 0 aromatic heterocycles. The van der Waals surface area contributed by atoms with Gasteiger partial charge in [-0.2, -0.15) is 0 Å². The summed E-state index contributed by atoms with van der Waals surface area (Å²) in [7, 11) is 0. The highest BCUT2D eigenvalue weighted by Crippen LogP contribution is 2.50. The Labute approximate surface area is 75.8 Å². The van der Waals surface area contributed by atoms with Gasteiger partial charge >= 0.3 is 0 Å². The highest BCUT2D eigenvalue weighted by Gasteiger charge is 2.64. The normalized spacial score (nSPS) is 60.8. The molecule has 4 rings (SSSR count). The van der Waals surface area contributed by atoms with Gasteiger partial charge in [0.25, 0.3) is 0 Å². The number of amides is 1. The first-order valence-electron chi connectivity index (χ1n) is 4.92. The molecule has 4 heterocycles. The second-order valence-corrected chi connectivity index (χ2v) is 4.44. The Bertz CT molecular complexity index is 258. The van der Waals surface area contributed by atoms with Gasteiger partial charge in [-0.25, -0.2) is 0 Å². The number of carbonyl (C=O) groups is 1. The molecule has 0 N–H and O–H groups in total. The summed E-state index contributed by atoms with van der Waals surface area (Å²) in [4.78, 5) is 12.8. The largest absolute Gasteiger partial charge is 0.367 e. The number of carbonyl (C=O) groups excluding carboxylic acids is 1. The van der Waals surface area contributed by atoms with Crippen LogP contribution in [0.5, 0.6) is 0 Å². The average molecular weight is 181 g/mol. The lowest BCUT2D eigenvalue weighted by Gasteiger charge is -2.39. The fraction of sp³-hybridized carbons (Fsp3) is 0.889. The predicted molar refractivity (Wildman–Crippen MR) is 42.0 cm³/mol. The number of hydrogen-bond acceptors (Lipinski definition) is 3. The molecule has 0 aromatic rings. The standard InChI is InChI=1S/C9H11NO3/c11-3-10-4-1-6-9(12-6)5(10)2-7-8(4)13-7/h3-9H,1-2H2/t4-,5-,6+,7+,8-,9-/m0/s1. The Hall–Kier alpha value is -0.610. The van der Waals surface area contributed by atoms with Crippen molar-refractivity contribution >= 4 is 6.41 Å². The fourth-order valence-electron chi connectivity index (χ4n) is 3.10. The molecule has 6 atom stereocenters. The van der Waals surface area contributed by atoms with E-state index in [1.807, 2.05) is 4.90 Å². The molecule has 0 spiro atoms. The summed E-state index contributed by atoms with van der Waals surface area (Å²) in [6.07, 6.45) is 4.46. The molecule has 4 heteroatoms. The molecule has 70 valence electrons. The minimum atomic E-state index is 0.310. The van der Waals surface area contributed by atoms with Crippen molar-refractivity contribution in [2.45, 2.75) is 49.3 Å². The number of nitrogens with zero attached hydrogens (tertiary/aromatic N) is 1. The minimum absolute atomic E-state index is 0.310. The molecule has 4 nitrogen and oxygen atoms in total. The first-order chi connectivity index (χ1) is 6.38. The van der Waals surface area contributed by atoms with Crippen LogP contribution in [0.3, 0.4) is 0 Å². The van der Waals surface area contributed by atoms with Crippen molar-refractivity contribution in [1.29, 1.82) is 0 Å². The van der Waals surface area contributed by atoms with Crippen LogP contribution < -0.4 is 0 Å². The molecule has 2 bridgehead atoms. The Morgan fingerprint density at radius 2 is 1.62 bits per heavy atom.